The van der Waals surface area contributed by atoms with Crippen LogP contribution in [0.1, 0.15) is 6.42 Å². The topological polar surface area (TPSA) is 79.2 Å². The number of nitrogens with one attached hydrogen (secondary N) is 1. The molecule has 0 atom stereocenters. The molecule has 1 aliphatic heterocycles. The van der Waals surface area contributed by atoms with Crippen molar-refractivity contribution in [2.75, 3.05) is 18.0 Å². The van der Waals surface area contributed by atoms with Gasteiger partial charge in [0.15, 0.2) is 0 Å². The Morgan fingerprint density at radius 2 is 1.83 bits per heavy atom. The normalized spacial score (nSPS) is 14.9. The second kappa shape index (κ2) is 5.11. The van der Waals surface area contributed by atoms with E-state index < -0.39 is 10.0 Å². The number of aromatic nitrogens is 1. The molecule has 2 aromatic carbocycles. The van der Waals surface area contributed by atoms with Crippen LogP contribution in [0.25, 0.3) is 22.2 Å². The third-order valence-electron chi connectivity index (χ3n) is 4.31. The number of rotatable bonds is 3. The first-order chi connectivity index (χ1) is 11.0. The Balaban J connectivity index is 1.93. The number of hydrogen-bond donors (Lipinski definition) is 2. The van der Waals surface area contributed by atoms with Crippen LogP contribution in [0.5, 0.6) is 0 Å². The highest BCUT2D eigenvalue weighted by Gasteiger charge is 2.21. The van der Waals surface area contributed by atoms with Gasteiger partial charge in [0.25, 0.3) is 0 Å². The summed E-state index contributed by atoms with van der Waals surface area (Å²) in [5.41, 5.74) is 3.83. The highest BCUT2D eigenvalue weighted by Crippen LogP contribution is 2.36. The summed E-state index contributed by atoms with van der Waals surface area (Å²) >= 11 is 0. The molecule has 0 bridgehead atoms. The van der Waals surface area contributed by atoms with Crippen LogP contribution in [-0.4, -0.2) is 26.5 Å². The summed E-state index contributed by atoms with van der Waals surface area (Å²) in [5.74, 6) is 0. The molecular weight excluding hydrogens is 310 g/mol. The van der Waals surface area contributed by atoms with Gasteiger partial charge in [-0.25, -0.2) is 13.6 Å². The maximum absolute atomic E-state index is 11.7. The molecule has 0 amide bonds. The zero-order valence-corrected chi connectivity index (χ0v) is 13.3. The average molecular weight is 327 g/mol. The molecule has 3 N–H and O–H groups in total. The fourth-order valence-electron chi connectivity index (χ4n) is 2.96. The Kier molecular flexibility index (Phi) is 3.18. The van der Waals surface area contributed by atoms with Crippen molar-refractivity contribution in [3.8, 4) is 11.3 Å². The van der Waals surface area contributed by atoms with Crippen LogP contribution >= 0.6 is 0 Å². The number of fused-ring (bicyclic) bond motifs is 1. The number of nitrogens with two attached hydrogens (primary N) is 1. The minimum Gasteiger partial charge on any atom is -0.371 e. The number of para-hydroxylation sites is 1. The SMILES string of the molecule is NS(=O)(=O)c1ccc(N2CCC2)c(-c2cc3ccccc3[nH]2)c1. The molecule has 3 aromatic rings. The van der Waals surface area contributed by atoms with Crippen LogP contribution in [0.15, 0.2) is 53.4 Å². The fourth-order valence-corrected chi connectivity index (χ4v) is 3.50. The van der Waals surface area contributed by atoms with Gasteiger partial charge in [0.1, 0.15) is 0 Å². The molecular formula is C17H17N3O2S. The highest BCUT2D eigenvalue weighted by molar-refractivity contribution is 7.89. The van der Waals surface area contributed by atoms with Crippen LogP contribution in [0, 0.1) is 0 Å². The van der Waals surface area contributed by atoms with Gasteiger partial charge in [-0.05, 0) is 36.8 Å². The van der Waals surface area contributed by atoms with Crippen molar-refractivity contribution in [3.05, 3.63) is 48.5 Å². The van der Waals surface area contributed by atoms with Crippen molar-refractivity contribution in [1.29, 1.82) is 0 Å². The number of hydrogen-bond acceptors (Lipinski definition) is 3. The molecule has 6 heteroatoms. The van der Waals surface area contributed by atoms with Gasteiger partial charge in [-0.15, -0.1) is 0 Å². The van der Waals surface area contributed by atoms with Crippen molar-refractivity contribution in [2.24, 2.45) is 5.14 Å². The van der Waals surface area contributed by atoms with Gasteiger partial charge in [0, 0.05) is 40.9 Å². The van der Waals surface area contributed by atoms with E-state index in [0.717, 1.165) is 47.4 Å². The minimum atomic E-state index is -3.73. The van der Waals surface area contributed by atoms with E-state index in [1.165, 1.54) is 0 Å². The number of primary sulfonamides is 1. The molecule has 1 fully saturated rings. The van der Waals surface area contributed by atoms with E-state index in [1.54, 1.807) is 12.1 Å². The molecule has 0 radical (unpaired) electrons. The van der Waals surface area contributed by atoms with Gasteiger partial charge in [-0.3, -0.25) is 0 Å². The quantitative estimate of drug-likeness (QED) is 0.776. The average Bonchev–Trinajstić information content (AvgIpc) is 2.88. The number of benzene rings is 2. The smallest absolute Gasteiger partial charge is 0.238 e. The summed E-state index contributed by atoms with van der Waals surface area (Å²) in [7, 11) is -3.73. The summed E-state index contributed by atoms with van der Waals surface area (Å²) in [4.78, 5) is 5.75. The van der Waals surface area contributed by atoms with Crippen molar-refractivity contribution in [2.45, 2.75) is 11.3 Å². The number of H-pyrrole nitrogens is 1. The monoisotopic (exact) mass is 327 g/mol. The van der Waals surface area contributed by atoms with Crippen molar-refractivity contribution in [1.82, 2.24) is 4.98 Å². The molecule has 2 heterocycles. The van der Waals surface area contributed by atoms with Gasteiger partial charge < -0.3 is 9.88 Å². The van der Waals surface area contributed by atoms with Gasteiger partial charge in [-0.1, -0.05) is 18.2 Å². The maximum Gasteiger partial charge on any atom is 0.238 e. The Hall–Kier alpha value is -2.31. The molecule has 0 unspecified atom stereocenters. The van der Waals surface area contributed by atoms with Crippen molar-refractivity contribution >= 4 is 26.6 Å². The van der Waals surface area contributed by atoms with E-state index in [4.69, 9.17) is 5.14 Å². The summed E-state index contributed by atoms with van der Waals surface area (Å²) in [5, 5.41) is 6.40. The molecule has 1 aromatic heterocycles. The van der Waals surface area contributed by atoms with E-state index >= 15 is 0 Å². The lowest BCUT2D eigenvalue weighted by molar-refractivity contribution is 0.597. The molecule has 0 aliphatic carbocycles. The first-order valence-corrected chi connectivity index (χ1v) is 9.07. The molecule has 1 saturated heterocycles. The first kappa shape index (κ1) is 14.3. The Morgan fingerprint density at radius 1 is 1.04 bits per heavy atom. The Bertz CT molecular complexity index is 955. The number of sulfonamides is 1. The molecule has 5 nitrogen and oxygen atoms in total. The molecule has 118 valence electrons. The van der Waals surface area contributed by atoms with Crippen LogP contribution in [0.4, 0.5) is 5.69 Å². The fraction of sp³-hybridized carbons (Fsp3) is 0.176. The van der Waals surface area contributed by atoms with Gasteiger partial charge in [-0.2, -0.15) is 0 Å². The second-order valence-electron chi connectivity index (χ2n) is 5.83. The minimum absolute atomic E-state index is 0.135. The van der Waals surface area contributed by atoms with E-state index in [0.29, 0.717) is 0 Å². The standard InChI is InChI=1S/C17H17N3O2S/c18-23(21,22)13-6-7-17(20-8-3-9-20)14(11-13)16-10-12-4-1-2-5-15(12)19-16/h1-2,4-7,10-11,19H,3,8-9H2,(H2,18,21,22). The summed E-state index contributed by atoms with van der Waals surface area (Å²) < 4.78 is 23.4. The van der Waals surface area contributed by atoms with E-state index in [9.17, 15) is 8.42 Å². The third kappa shape index (κ3) is 2.50. The van der Waals surface area contributed by atoms with Crippen LogP contribution < -0.4 is 10.0 Å². The predicted molar refractivity (Wildman–Crippen MR) is 91.9 cm³/mol. The van der Waals surface area contributed by atoms with E-state index in [2.05, 4.69) is 9.88 Å². The zero-order chi connectivity index (χ0) is 16.0. The van der Waals surface area contributed by atoms with Crippen LogP contribution in [0.2, 0.25) is 0 Å². The zero-order valence-electron chi connectivity index (χ0n) is 12.5. The predicted octanol–water partition coefficient (Wildman–Crippen LogP) is 2.69. The van der Waals surface area contributed by atoms with Crippen molar-refractivity contribution in [3.63, 3.8) is 0 Å². The molecule has 23 heavy (non-hydrogen) atoms. The lowest BCUT2D eigenvalue weighted by atomic mass is 10.1. The molecule has 1 aliphatic rings. The largest absolute Gasteiger partial charge is 0.371 e. The van der Waals surface area contributed by atoms with Gasteiger partial charge in [0.05, 0.1) is 4.90 Å². The molecule has 4 rings (SSSR count). The second-order valence-corrected chi connectivity index (χ2v) is 7.40. The summed E-state index contributed by atoms with van der Waals surface area (Å²) in [6.07, 6.45) is 1.16. The lowest BCUT2D eigenvalue weighted by Crippen LogP contribution is -2.37. The number of nitrogens with zero attached hydrogens (tertiary/aromatic N) is 1. The van der Waals surface area contributed by atoms with Gasteiger partial charge >= 0.3 is 0 Å². The van der Waals surface area contributed by atoms with Gasteiger partial charge in [0.2, 0.25) is 10.0 Å². The van der Waals surface area contributed by atoms with E-state index in [-0.39, 0.29) is 4.90 Å². The van der Waals surface area contributed by atoms with Crippen LogP contribution in [-0.2, 0) is 10.0 Å². The summed E-state index contributed by atoms with van der Waals surface area (Å²) in [6, 6.07) is 15.1. The number of anilines is 1. The van der Waals surface area contributed by atoms with Crippen LogP contribution in [0.3, 0.4) is 0 Å². The maximum atomic E-state index is 11.7. The first-order valence-electron chi connectivity index (χ1n) is 7.52. The highest BCUT2D eigenvalue weighted by atomic mass is 32.2. The third-order valence-corrected chi connectivity index (χ3v) is 5.22. The Morgan fingerprint density at radius 3 is 2.48 bits per heavy atom. The summed E-state index contributed by atoms with van der Waals surface area (Å²) in [6.45, 7) is 1.98. The van der Waals surface area contributed by atoms with E-state index in [1.807, 2.05) is 36.4 Å². The molecule has 0 spiro atoms. The van der Waals surface area contributed by atoms with Crippen molar-refractivity contribution < 1.29 is 8.42 Å². The molecule has 0 saturated carbocycles. The Labute approximate surface area is 134 Å². The number of aromatic amines is 1. The lowest BCUT2D eigenvalue weighted by Gasteiger charge is -2.34.